The molecule has 0 bridgehead atoms. The Balaban J connectivity index is 1.69. The molecule has 5 nitrogen and oxygen atoms in total. The predicted octanol–water partition coefficient (Wildman–Crippen LogP) is 3.90. The predicted molar refractivity (Wildman–Crippen MR) is 110 cm³/mol. The van der Waals surface area contributed by atoms with E-state index in [9.17, 15) is 23.1 Å². The molecule has 1 amide bonds. The van der Waals surface area contributed by atoms with Gasteiger partial charge >= 0.3 is 6.18 Å². The number of imidazole rings is 1. The molecule has 8 heteroatoms. The second kappa shape index (κ2) is 9.34. The number of rotatable bonds is 8. The second-order valence-electron chi connectivity index (χ2n) is 7.41. The van der Waals surface area contributed by atoms with Gasteiger partial charge in [0.2, 0.25) is 11.5 Å². The number of aryl methyl sites for hydroxylation is 1. The van der Waals surface area contributed by atoms with Gasteiger partial charge in [0.25, 0.3) is 0 Å². The van der Waals surface area contributed by atoms with E-state index < -0.39 is 29.9 Å². The first-order valence-electron chi connectivity index (χ1n) is 9.86. The van der Waals surface area contributed by atoms with Crippen LogP contribution < -0.4 is 5.32 Å². The van der Waals surface area contributed by atoms with Gasteiger partial charge in [-0.25, -0.2) is 4.98 Å². The molecule has 2 N–H and O–H groups in total. The SMILES string of the molecule is Cn1ccnc1C(O)(CC(=O)NCCC(c1ccccc1)c1ccccc1)C(F)(F)F. The van der Waals surface area contributed by atoms with Gasteiger partial charge in [-0.2, -0.15) is 13.2 Å². The average Bonchev–Trinajstić information content (AvgIpc) is 3.18. The molecular formula is C23H24F3N3O2. The third kappa shape index (κ3) is 5.14. The van der Waals surface area contributed by atoms with Crippen molar-refractivity contribution in [2.24, 2.45) is 7.05 Å². The molecule has 0 fully saturated rings. The lowest BCUT2D eigenvalue weighted by Crippen LogP contribution is -2.48. The molecule has 31 heavy (non-hydrogen) atoms. The number of nitrogens with one attached hydrogen (secondary N) is 1. The van der Waals surface area contributed by atoms with Crippen LogP contribution in [0.25, 0.3) is 0 Å². The van der Waals surface area contributed by atoms with Crippen LogP contribution in [0.2, 0.25) is 0 Å². The van der Waals surface area contributed by atoms with Crippen molar-refractivity contribution in [1.82, 2.24) is 14.9 Å². The summed E-state index contributed by atoms with van der Waals surface area (Å²) in [4.78, 5) is 16.0. The lowest BCUT2D eigenvalue weighted by atomic mass is 9.88. The van der Waals surface area contributed by atoms with Crippen LogP contribution in [0.4, 0.5) is 13.2 Å². The molecule has 0 aliphatic carbocycles. The first kappa shape index (κ1) is 22.6. The molecule has 0 radical (unpaired) electrons. The van der Waals surface area contributed by atoms with Crippen LogP contribution in [0.1, 0.15) is 35.7 Å². The van der Waals surface area contributed by atoms with Gasteiger partial charge in [-0.3, -0.25) is 4.79 Å². The molecule has 0 saturated carbocycles. The van der Waals surface area contributed by atoms with Crippen LogP contribution in [-0.4, -0.2) is 33.3 Å². The van der Waals surface area contributed by atoms with Crippen LogP contribution in [0.15, 0.2) is 73.1 Å². The number of aliphatic hydroxyl groups is 1. The number of nitrogens with zero attached hydrogens (tertiary/aromatic N) is 2. The summed E-state index contributed by atoms with van der Waals surface area (Å²) in [7, 11) is 1.33. The second-order valence-corrected chi connectivity index (χ2v) is 7.41. The Morgan fingerprint density at radius 2 is 1.61 bits per heavy atom. The van der Waals surface area contributed by atoms with Crippen molar-refractivity contribution in [3.05, 3.63) is 90.0 Å². The first-order valence-corrected chi connectivity index (χ1v) is 9.86. The van der Waals surface area contributed by atoms with E-state index in [0.717, 1.165) is 21.9 Å². The summed E-state index contributed by atoms with van der Waals surface area (Å²) in [5.41, 5.74) is -1.28. The lowest BCUT2D eigenvalue weighted by Gasteiger charge is -2.29. The van der Waals surface area contributed by atoms with Crippen LogP contribution in [-0.2, 0) is 17.4 Å². The summed E-state index contributed by atoms with van der Waals surface area (Å²) < 4.78 is 41.9. The van der Waals surface area contributed by atoms with Gasteiger partial charge in [-0.15, -0.1) is 0 Å². The number of alkyl halides is 3. The molecule has 1 atom stereocenters. The maximum Gasteiger partial charge on any atom is 0.425 e. The molecule has 0 aliphatic rings. The van der Waals surface area contributed by atoms with E-state index >= 15 is 0 Å². The topological polar surface area (TPSA) is 67.1 Å². The molecule has 0 spiro atoms. The molecule has 0 aliphatic heterocycles. The molecule has 1 unspecified atom stereocenters. The summed E-state index contributed by atoms with van der Waals surface area (Å²) >= 11 is 0. The number of benzene rings is 2. The highest BCUT2D eigenvalue weighted by atomic mass is 19.4. The first-order chi connectivity index (χ1) is 14.7. The van der Waals surface area contributed by atoms with Gasteiger partial charge in [-0.05, 0) is 17.5 Å². The van der Waals surface area contributed by atoms with Crippen LogP contribution >= 0.6 is 0 Å². The number of aromatic nitrogens is 2. The molecule has 3 rings (SSSR count). The van der Waals surface area contributed by atoms with Gasteiger partial charge in [0, 0.05) is 31.9 Å². The smallest absolute Gasteiger partial charge is 0.374 e. The summed E-state index contributed by atoms with van der Waals surface area (Å²) in [5, 5.41) is 12.9. The van der Waals surface area contributed by atoms with E-state index in [1.54, 1.807) is 0 Å². The summed E-state index contributed by atoms with van der Waals surface area (Å²) in [6, 6.07) is 19.4. The molecular weight excluding hydrogens is 407 g/mol. The largest absolute Gasteiger partial charge is 0.425 e. The number of carbonyl (C=O) groups excluding carboxylic acids is 1. The molecule has 1 heterocycles. The highest BCUT2D eigenvalue weighted by molar-refractivity contribution is 5.77. The van der Waals surface area contributed by atoms with Gasteiger partial charge < -0.3 is 15.0 Å². The zero-order valence-corrected chi connectivity index (χ0v) is 17.0. The van der Waals surface area contributed by atoms with Gasteiger partial charge in [0.05, 0.1) is 6.42 Å². The summed E-state index contributed by atoms with van der Waals surface area (Å²) in [6.07, 6.45) is -3.29. The quantitative estimate of drug-likeness (QED) is 0.569. The molecule has 3 aromatic rings. The van der Waals surface area contributed by atoms with Crippen molar-refractivity contribution < 1.29 is 23.1 Å². The maximum atomic E-state index is 13.6. The number of hydrogen-bond donors (Lipinski definition) is 2. The van der Waals surface area contributed by atoms with Gasteiger partial charge in [-0.1, -0.05) is 60.7 Å². The average molecular weight is 431 g/mol. The van der Waals surface area contributed by atoms with E-state index in [4.69, 9.17) is 0 Å². The van der Waals surface area contributed by atoms with E-state index in [0.29, 0.717) is 6.42 Å². The molecule has 2 aromatic carbocycles. The molecule has 1 aromatic heterocycles. The minimum absolute atomic E-state index is 0.0289. The highest BCUT2D eigenvalue weighted by Crippen LogP contribution is 2.40. The third-order valence-corrected chi connectivity index (χ3v) is 5.24. The highest BCUT2D eigenvalue weighted by Gasteiger charge is 2.58. The molecule has 0 saturated heterocycles. The normalized spacial score (nSPS) is 13.7. The number of halogens is 3. The van der Waals surface area contributed by atoms with Crippen LogP contribution in [0, 0.1) is 0 Å². The zero-order valence-electron chi connectivity index (χ0n) is 17.0. The van der Waals surface area contributed by atoms with Crippen molar-refractivity contribution in [2.45, 2.75) is 30.5 Å². The van der Waals surface area contributed by atoms with Crippen molar-refractivity contribution in [3.8, 4) is 0 Å². The van der Waals surface area contributed by atoms with E-state index in [1.165, 1.54) is 13.2 Å². The lowest BCUT2D eigenvalue weighted by molar-refractivity contribution is -0.271. The zero-order chi connectivity index (χ0) is 22.5. The fraction of sp³-hybridized carbons (Fsp3) is 0.304. The van der Waals surface area contributed by atoms with E-state index in [1.807, 2.05) is 60.7 Å². The van der Waals surface area contributed by atoms with Crippen LogP contribution in [0.3, 0.4) is 0 Å². The maximum absolute atomic E-state index is 13.6. The van der Waals surface area contributed by atoms with Gasteiger partial charge in [0.15, 0.2) is 5.82 Å². The Hall–Kier alpha value is -3.13. The number of carbonyl (C=O) groups is 1. The Labute approximate surface area is 178 Å². The summed E-state index contributed by atoms with van der Waals surface area (Å²) in [5.74, 6) is -1.55. The number of amides is 1. The number of hydrogen-bond acceptors (Lipinski definition) is 3. The Morgan fingerprint density at radius 1 is 1.06 bits per heavy atom. The van der Waals surface area contributed by atoms with E-state index in [2.05, 4.69) is 10.3 Å². The monoisotopic (exact) mass is 431 g/mol. The van der Waals surface area contributed by atoms with Crippen LogP contribution in [0.5, 0.6) is 0 Å². The van der Waals surface area contributed by atoms with Crippen molar-refractivity contribution >= 4 is 5.91 Å². The van der Waals surface area contributed by atoms with Crippen molar-refractivity contribution in [1.29, 1.82) is 0 Å². The third-order valence-electron chi connectivity index (χ3n) is 5.24. The van der Waals surface area contributed by atoms with Crippen molar-refractivity contribution in [2.75, 3.05) is 6.54 Å². The minimum atomic E-state index is -5.06. The fourth-order valence-corrected chi connectivity index (χ4v) is 3.62. The fourth-order valence-electron chi connectivity index (χ4n) is 3.62. The molecule has 164 valence electrons. The van der Waals surface area contributed by atoms with E-state index in [-0.39, 0.29) is 12.5 Å². The Bertz CT molecular complexity index is 951. The standard InChI is InChI=1S/C23H24F3N3O2/c1-29-15-14-28-21(29)22(31,23(24,25)26)16-20(30)27-13-12-19(17-8-4-2-5-9-17)18-10-6-3-7-11-18/h2-11,14-15,19,31H,12-13,16H2,1H3,(H,27,30). The Kier molecular flexibility index (Phi) is 6.80. The van der Waals surface area contributed by atoms with Gasteiger partial charge in [0.1, 0.15) is 0 Å². The Morgan fingerprint density at radius 3 is 2.06 bits per heavy atom. The summed E-state index contributed by atoms with van der Waals surface area (Å²) in [6.45, 7) is 0.155. The minimum Gasteiger partial charge on any atom is -0.374 e. The van der Waals surface area contributed by atoms with Crippen molar-refractivity contribution in [3.63, 3.8) is 0 Å².